The van der Waals surface area contributed by atoms with Crippen molar-refractivity contribution in [2.24, 2.45) is 0 Å². The predicted octanol–water partition coefficient (Wildman–Crippen LogP) is 3.29. The number of halogens is 1. The van der Waals surface area contributed by atoms with Crippen LogP contribution in [0.5, 0.6) is 0 Å². The van der Waals surface area contributed by atoms with Crippen molar-refractivity contribution in [1.29, 1.82) is 0 Å². The highest BCUT2D eigenvalue weighted by Crippen LogP contribution is 2.32. The number of hydrogen-bond acceptors (Lipinski definition) is 4. The van der Waals surface area contributed by atoms with E-state index in [1.807, 2.05) is 20.8 Å². The predicted molar refractivity (Wildman–Crippen MR) is 92.0 cm³/mol. The third kappa shape index (κ3) is 4.84. The Balaban J connectivity index is 2.10. The van der Waals surface area contributed by atoms with Gasteiger partial charge < -0.3 is 5.32 Å². The maximum absolute atomic E-state index is 12.3. The Kier molecular flexibility index (Phi) is 5.16. The zero-order valence-electron chi connectivity index (χ0n) is 13.1. The van der Waals surface area contributed by atoms with Crippen molar-refractivity contribution < 1.29 is 14.4 Å². The van der Waals surface area contributed by atoms with E-state index in [1.54, 1.807) is 30.3 Å². The van der Waals surface area contributed by atoms with Crippen LogP contribution in [-0.2, 0) is 9.59 Å². The molecule has 1 aromatic carbocycles. The van der Waals surface area contributed by atoms with Crippen LogP contribution in [0.25, 0.3) is 6.08 Å². The van der Waals surface area contributed by atoms with Gasteiger partial charge in [0.15, 0.2) is 0 Å². The molecule has 5 nitrogen and oxygen atoms in total. The molecule has 1 aliphatic rings. The van der Waals surface area contributed by atoms with Crippen molar-refractivity contribution in [3.63, 3.8) is 0 Å². The number of rotatable bonds is 3. The topological polar surface area (TPSA) is 66.5 Å². The van der Waals surface area contributed by atoms with E-state index >= 15 is 0 Å². The molecule has 1 fully saturated rings. The molecule has 0 aromatic heterocycles. The summed E-state index contributed by atoms with van der Waals surface area (Å²) in [6, 6.07) is 6.91. The summed E-state index contributed by atoms with van der Waals surface area (Å²) in [5.74, 6) is -0.827. The minimum absolute atomic E-state index is 0.278. The number of carbonyl (C=O) groups excluding carboxylic acids is 3. The van der Waals surface area contributed by atoms with Crippen LogP contribution in [-0.4, -0.2) is 34.0 Å². The molecule has 2 rings (SSSR count). The average Bonchev–Trinajstić information content (AvgIpc) is 2.67. The van der Waals surface area contributed by atoms with Crippen molar-refractivity contribution >= 4 is 46.5 Å². The Morgan fingerprint density at radius 3 is 2.43 bits per heavy atom. The molecular formula is C16H17ClN2O3S. The second kappa shape index (κ2) is 6.76. The standard InChI is InChI=1S/C16H17ClN2O3S/c1-16(2,3)18-13(20)9-19-14(21)12(23-15(19)22)8-10-4-6-11(17)7-5-10/h4-8H,9H2,1-3H3,(H,18,20). The van der Waals surface area contributed by atoms with Gasteiger partial charge in [-0.15, -0.1) is 0 Å². The number of benzene rings is 1. The van der Waals surface area contributed by atoms with E-state index in [0.29, 0.717) is 9.93 Å². The number of thioether (sulfide) groups is 1. The molecule has 0 unspecified atom stereocenters. The lowest BCUT2D eigenvalue weighted by atomic mass is 10.1. The van der Waals surface area contributed by atoms with Gasteiger partial charge in [-0.25, -0.2) is 0 Å². The highest BCUT2D eigenvalue weighted by molar-refractivity contribution is 8.18. The molecule has 0 spiro atoms. The smallest absolute Gasteiger partial charge is 0.294 e. The van der Waals surface area contributed by atoms with Crippen LogP contribution < -0.4 is 5.32 Å². The van der Waals surface area contributed by atoms with Crippen LogP contribution in [0.3, 0.4) is 0 Å². The van der Waals surface area contributed by atoms with Gasteiger partial charge in [0.1, 0.15) is 6.54 Å². The van der Waals surface area contributed by atoms with Gasteiger partial charge >= 0.3 is 0 Å². The summed E-state index contributed by atoms with van der Waals surface area (Å²) >= 11 is 6.64. The van der Waals surface area contributed by atoms with Gasteiger partial charge in [-0.1, -0.05) is 23.7 Å². The van der Waals surface area contributed by atoms with E-state index in [2.05, 4.69) is 5.32 Å². The fraction of sp³-hybridized carbons (Fsp3) is 0.312. The lowest BCUT2D eigenvalue weighted by Gasteiger charge is -2.22. The Labute approximate surface area is 144 Å². The molecule has 0 aliphatic carbocycles. The van der Waals surface area contributed by atoms with Gasteiger partial charge in [0.05, 0.1) is 4.91 Å². The van der Waals surface area contributed by atoms with Gasteiger partial charge in [0, 0.05) is 10.6 Å². The van der Waals surface area contributed by atoms with Crippen molar-refractivity contribution in [2.45, 2.75) is 26.3 Å². The molecule has 122 valence electrons. The van der Waals surface area contributed by atoms with E-state index in [-0.39, 0.29) is 12.5 Å². The fourth-order valence-corrected chi connectivity index (χ4v) is 2.91. The zero-order valence-corrected chi connectivity index (χ0v) is 14.6. The minimum Gasteiger partial charge on any atom is -0.350 e. The summed E-state index contributed by atoms with van der Waals surface area (Å²) in [4.78, 5) is 37.4. The molecule has 0 radical (unpaired) electrons. The first kappa shape index (κ1) is 17.6. The Morgan fingerprint density at radius 1 is 1.26 bits per heavy atom. The monoisotopic (exact) mass is 352 g/mol. The van der Waals surface area contributed by atoms with Crippen LogP contribution in [0.15, 0.2) is 29.2 Å². The maximum Gasteiger partial charge on any atom is 0.294 e. The second-order valence-electron chi connectivity index (χ2n) is 6.12. The number of hydrogen-bond donors (Lipinski definition) is 1. The van der Waals surface area contributed by atoms with Crippen molar-refractivity contribution in [1.82, 2.24) is 10.2 Å². The summed E-state index contributed by atoms with van der Waals surface area (Å²) in [7, 11) is 0. The Bertz CT molecular complexity index is 678. The molecule has 3 amide bonds. The quantitative estimate of drug-likeness (QED) is 0.848. The third-order valence-corrected chi connectivity index (χ3v) is 4.02. The maximum atomic E-state index is 12.3. The summed E-state index contributed by atoms with van der Waals surface area (Å²) in [5, 5.41) is 2.88. The number of carbonyl (C=O) groups is 3. The van der Waals surface area contributed by atoms with Crippen LogP contribution in [0.2, 0.25) is 5.02 Å². The number of nitrogens with zero attached hydrogens (tertiary/aromatic N) is 1. The minimum atomic E-state index is -0.459. The molecule has 1 aliphatic heterocycles. The Morgan fingerprint density at radius 2 is 1.87 bits per heavy atom. The lowest BCUT2D eigenvalue weighted by Crippen LogP contribution is -2.46. The molecule has 1 N–H and O–H groups in total. The fourth-order valence-electron chi connectivity index (χ4n) is 1.95. The zero-order chi connectivity index (χ0) is 17.2. The molecule has 1 heterocycles. The van der Waals surface area contributed by atoms with Crippen LogP contribution >= 0.6 is 23.4 Å². The first-order valence-corrected chi connectivity index (χ1v) is 8.17. The SMILES string of the molecule is CC(C)(C)NC(=O)CN1C(=O)SC(=Cc2ccc(Cl)cc2)C1=O. The number of imide groups is 1. The van der Waals surface area contributed by atoms with E-state index in [9.17, 15) is 14.4 Å². The molecule has 1 saturated heterocycles. The van der Waals surface area contributed by atoms with E-state index in [4.69, 9.17) is 11.6 Å². The highest BCUT2D eigenvalue weighted by atomic mass is 35.5. The summed E-state index contributed by atoms with van der Waals surface area (Å²) in [6.45, 7) is 5.22. The second-order valence-corrected chi connectivity index (χ2v) is 7.55. The number of amides is 3. The van der Waals surface area contributed by atoms with Gasteiger partial charge in [0.25, 0.3) is 11.1 Å². The lowest BCUT2D eigenvalue weighted by molar-refractivity contribution is -0.130. The first-order chi connectivity index (χ1) is 10.7. The Hall–Kier alpha value is -1.79. The molecule has 1 aromatic rings. The molecule has 0 bridgehead atoms. The largest absolute Gasteiger partial charge is 0.350 e. The molecule has 0 saturated carbocycles. The van der Waals surface area contributed by atoms with Gasteiger partial charge in [0.2, 0.25) is 5.91 Å². The van der Waals surface area contributed by atoms with Gasteiger partial charge in [-0.2, -0.15) is 0 Å². The number of nitrogens with one attached hydrogen (secondary N) is 1. The van der Waals surface area contributed by atoms with E-state index in [0.717, 1.165) is 22.2 Å². The van der Waals surface area contributed by atoms with E-state index < -0.39 is 16.7 Å². The normalized spacial score (nSPS) is 17.0. The van der Waals surface area contributed by atoms with Gasteiger partial charge in [-0.05, 0) is 56.3 Å². The van der Waals surface area contributed by atoms with Crippen LogP contribution in [0.4, 0.5) is 4.79 Å². The molecule has 7 heteroatoms. The third-order valence-electron chi connectivity index (χ3n) is 2.86. The van der Waals surface area contributed by atoms with Crippen molar-refractivity contribution in [3.8, 4) is 0 Å². The molecule has 0 atom stereocenters. The van der Waals surface area contributed by atoms with Crippen LogP contribution in [0, 0.1) is 0 Å². The van der Waals surface area contributed by atoms with Crippen molar-refractivity contribution in [2.75, 3.05) is 6.54 Å². The van der Waals surface area contributed by atoms with Gasteiger partial charge in [-0.3, -0.25) is 19.3 Å². The van der Waals surface area contributed by atoms with Crippen LogP contribution in [0.1, 0.15) is 26.3 Å². The average molecular weight is 353 g/mol. The first-order valence-electron chi connectivity index (χ1n) is 6.98. The molecular weight excluding hydrogens is 336 g/mol. The summed E-state index contributed by atoms with van der Waals surface area (Å²) in [6.07, 6.45) is 1.61. The summed E-state index contributed by atoms with van der Waals surface area (Å²) in [5.41, 5.74) is 0.344. The molecule has 23 heavy (non-hydrogen) atoms. The highest BCUT2D eigenvalue weighted by Gasteiger charge is 2.36. The van der Waals surface area contributed by atoms with E-state index in [1.165, 1.54) is 0 Å². The summed E-state index contributed by atoms with van der Waals surface area (Å²) < 4.78 is 0. The van der Waals surface area contributed by atoms with Crippen molar-refractivity contribution in [3.05, 3.63) is 39.8 Å².